The molecule has 1 heterocycles. The van der Waals surface area contributed by atoms with Gasteiger partial charge in [-0.25, -0.2) is 0 Å². The zero-order valence-electron chi connectivity index (χ0n) is 14.3. The molecule has 0 spiro atoms. The van der Waals surface area contributed by atoms with Crippen LogP contribution in [0.4, 0.5) is 0 Å². The number of hydrogen-bond acceptors (Lipinski definition) is 2. The first kappa shape index (κ1) is 16.5. The van der Waals surface area contributed by atoms with Crippen molar-refractivity contribution in [3.05, 3.63) is 69.1 Å². The zero-order chi connectivity index (χ0) is 17.2. The molecule has 126 valence electrons. The van der Waals surface area contributed by atoms with E-state index in [1.54, 1.807) is 0 Å². The molecule has 0 unspecified atom stereocenters. The fourth-order valence-corrected chi connectivity index (χ4v) is 3.82. The Bertz CT molecular complexity index is 787. The predicted molar refractivity (Wildman–Crippen MR) is 95.0 cm³/mol. The average Bonchev–Trinajstić information content (AvgIpc) is 3.05. The van der Waals surface area contributed by atoms with Crippen LogP contribution >= 0.6 is 0 Å². The normalized spacial score (nSPS) is 16.1. The van der Waals surface area contributed by atoms with Crippen LogP contribution in [-0.2, 0) is 16.8 Å². The summed E-state index contributed by atoms with van der Waals surface area (Å²) in [6.45, 7) is 4.04. The van der Waals surface area contributed by atoms with Crippen LogP contribution in [0.1, 0.15) is 48.1 Å². The molecular weight excluding hydrogens is 300 g/mol. The van der Waals surface area contributed by atoms with Gasteiger partial charge in [0.05, 0.1) is 5.41 Å². The summed E-state index contributed by atoms with van der Waals surface area (Å²) in [5.74, 6) is 0.0329. The highest BCUT2D eigenvalue weighted by Gasteiger charge is 2.42. The Morgan fingerprint density at radius 1 is 1.17 bits per heavy atom. The summed E-state index contributed by atoms with van der Waals surface area (Å²) in [7, 11) is 0. The second-order valence-corrected chi connectivity index (χ2v) is 6.78. The van der Waals surface area contributed by atoms with E-state index in [0.29, 0.717) is 5.56 Å². The smallest absolute Gasteiger partial charge is 0.253 e. The molecule has 3 rings (SSSR count). The van der Waals surface area contributed by atoms with Gasteiger partial charge < -0.3 is 10.3 Å². The minimum atomic E-state index is -0.452. The summed E-state index contributed by atoms with van der Waals surface area (Å²) in [4.78, 5) is 28.0. The molecule has 1 saturated carbocycles. The van der Waals surface area contributed by atoms with Crippen molar-refractivity contribution >= 4 is 5.91 Å². The molecule has 24 heavy (non-hydrogen) atoms. The lowest BCUT2D eigenvalue weighted by Gasteiger charge is -2.28. The number of aromatic amines is 1. The lowest BCUT2D eigenvalue weighted by Crippen LogP contribution is -2.43. The largest absolute Gasteiger partial charge is 0.351 e. The highest BCUT2D eigenvalue weighted by Crippen LogP contribution is 2.41. The summed E-state index contributed by atoms with van der Waals surface area (Å²) >= 11 is 0. The van der Waals surface area contributed by atoms with Crippen molar-refractivity contribution in [2.75, 3.05) is 0 Å². The molecule has 0 bridgehead atoms. The molecule has 0 aliphatic heterocycles. The van der Waals surface area contributed by atoms with E-state index in [1.165, 1.54) is 0 Å². The number of H-pyrrole nitrogens is 1. The fraction of sp³-hybridized carbons (Fsp3) is 0.400. The quantitative estimate of drug-likeness (QED) is 0.907. The van der Waals surface area contributed by atoms with Crippen LogP contribution in [0.3, 0.4) is 0 Å². The minimum Gasteiger partial charge on any atom is -0.351 e. The first-order chi connectivity index (χ1) is 11.5. The summed E-state index contributed by atoms with van der Waals surface area (Å²) in [6, 6.07) is 11.9. The maximum absolute atomic E-state index is 13.0. The first-order valence-electron chi connectivity index (χ1n) is 8.56. The molecule has 1 aliphatic carbocycles. The van der Waals surface area contributed by atoms with Crippen molar-refractivity contribution in [3.63, 3.8) is 0 Å². The van der Waals surface area contributed by atoms with Crippen LogP contribution in [-0.4, -0.2) is 10.9 Å². The maximum Gasteiger partial charge on any atom is 0.253 e. The number of benzene rings is 1. The molecule has 1 aromatic carbocycles. The van der Waals surface area contributed by atoms with E-state index in [9.17, 15) is 9.59 Å². The van der Waals surface area contributed by atoms with Crippen molar-refractivity contribution in [2.24, 2.45) is 0 Å². The lowest BCUT2D eigenvalue weighted by molar-refractivity contribution is -0.126. The van der Waals surface area contributed by atoms with Crippen molar-refractivity contribution < 1.29 is 4.79 Å². The molecule has 1 amide bonds. The third-order valence-electron chi connectivity index (χ3n) is 5.14. The molecule has 1 aliphatic rings. The van der Waals surface area contributed by atoms with E-state index in [4.69, 9.17) is 0 Å². The van der Waals surface area contributed by atoms with Gasteiger partial charge in [-0.2, -0.15) is 0 Å². The molecule has 4 nitrogen and oxygen atoms in total. The third-order valence-corrected chi connectivity index (χ3v) is 5.14. The molecular formula is C20H24N2O2. The Labute approximate surface area is 142 Å². The Morgan fingerprint density at radius 2 is 1.83 bits per heavy atom. The fourth-order valence-electron chi connectivity index (χ4n) is 3.82. The molecule has 1 aromatic heterocycles. The van der Waals surface area contributed by atoms with Gasteiger partial charge in [0.25, 0.3) is 5.56 Å². The molecule has 0 atom stereocenters. The number of aryl methyl sites for hydroxylation is 2. The standard InChI is InChI=1S/C20H24N2O2/c1-14-12-15(2)22-18(23)17(14)13-21-19(24)20(10-6-7-11-20)16-8-4-3-5-9-16/h3-5,8-9,12H,6-7,10-11,13H2,1-2H3,(H,21,24)(H,22,23). The summed E-state index contributed by atoms with van der Waals surface area (Å²) in [6.07, 6.45) is 3.86. The van der Waals surface area contributed by atoms with Crippen LogP contribution in [0.2, 0.25) is 0 Å². The second-order valence-electron chi connectivity index (χ2n) is 6.78. The number of carbonyl (C=O) groups is 1. The summed E-state index contributed by atoms with van der Waals surface area (Å²) in [5.41, 5.74) is 2.89. The molecule has 0 saturated heterocycles. The van der Waals surface area contributed by atoms with Crippen LogP contribution < -0.4 is 10.9 Å². The SMILES string of the molecule is Cc1cc(C)c(CNC(=O)C2(c3ccccc3)CCCC2)c(=O)[nH]1. The van der Waals surface area contributed by atoms with Gasteiger partial charge in [-0.3, -0.25) is 9.59 Å². The number of hydrogen-bond donors (Lipinski definition) is 2. The van der Waals surface area contributed by atoms with Gasteiger partial charge in [-0.15, -0.1) is 0 Å². The third kappa shape index (κ3) is 3.01. The highest BCUT2D eigenvalue weighted by atomic mass is 16.2. The Balaban J connectivity index is 1.82. The Morgan fingerprint density at radius 3 is 2.46 bits per heavy atom. The second kappa shape index (κ2) is 6.63. The van der Waals surface area contributed by atoms with Crippen molar-refractivity contribution in [1.29, 1.82) is 0 Å². The van der Waals surface area contributed by atoms with E-state index in [-0.39, 0.29) is 18.0 Å². The van der Waals surface area contributed by atoms with Gasteiger partial charge in [0.15, 0.2) is 0 Å². The van der Waals surface area contributed by atoms with E-state index in [2.05, 4.69) is 10.3 Å². The van der Waals surface area contributed by atoms with Gasteiger partial charge in [0.1, 0.15) is 0 Å². The number of amides is 1. The zero-order valence-corrected chi connectivity index (χ0v) is 14.3. The Hall–Kier alpha value is -2.36. The van der Waals surface area contributed by atoms with Crippen molar-refractivity contribution in [2.45, 2.75) is 51.5 Å². The highest BCUT2D eigenvalue weighted by molar-refractivity contribution is 5.88. The van der Waals surface area contributed by atoms with Crippen LogP contribution in [0, 0.1) is 13.8 Å². The van der Waals surface area contributed by atoms with E-state index in [1.807, 2.05) is 50.2 Å². The van der Waals surface area contributed by atoms with E-state index in [0.717, 1.165) is 42.5 Å². The number of nitrogens with one attached hydrogen (secondary N) is 2. The van der Waals surface area contributed by atoms with Gasteiger partial charge >= 0.3 is 0 Å². The summed E-state index contributed by atoms with van der Waals surface area (Å²) < 4.78 is 0. The number of carbonyl (C=O) groups excluding carboxylic acids is 1. The molecule has 2 aromatic rings. The van der Waals surface area contributed by atoms with Crippen molar-refractivity contribution in [1.82, 2.24) is 10.3 Å². The van der Waals surface area contributed by atoms with Crippen LogP contribution in [0.15, 0.2) is 41.2 Å². The summed E-state index contributed by atoms with van der Waals surface area (Å²) in [5, 5.41) is 3.02. The first-order valence-corrected chi connectivity index (χ1v) is 8.56. The minimum absolute atomic E-state index is 0.0329. The monoisotopic (exact) mass is 324 g/mol. The molecule has 4 heteroatoms. The molecule has 2 N–H and O–H groups in total. The van der Waals surface area contributed by atoms with Crippen molar-refractivity contribution in [3.8, 4) is 0 Å². The maximum atomic E-state index is 13.0. The number of rotatable bonds is 4. The Kier molecular flexibility index (Phi) is 4.56. The van der Waals surface area contributed by atoms with Crippen LogP contribution in [0.25, 0.3) is 0 Å². The number of aromatic nitrogens is 1. The van der Waals surface area contributed by atoms with Gasteiger partial charge in [0, 0.05) is 17.8 Å². The van der Waals surface area contributed by atoms with Gasteiger partial charge in [-0.05, 0) is 43.9 Å². The molecule has 1 fully saturated rings. The molecule has 0 radical (unpaired) electrons. The topological polar surface area (TPSA) is 62.0 Å². The average molecular weight is 324 g/mol. The van der Waals surface area contributed by atoms with Crippen LogP contribution in [0.5, 0.6) is 0 Å². The van der Waals surface area contributed by atoms with Gasteiger partial charge in [0.2, 0.25) is 5.91 Å². The lowest BCUT2D eigenvalue weighted by atomic mass is 9.78. The number of pyridine rings is 1. The van der Waals surface area contributed by atoms with Gasteiger partial charge in [-0.1, -0.05) is 43.2 Å². The van der Waals surface area contributed by atoms with E-state index >= 15 is 0 Å². The van der Waals surface area contributed by atoms with E-state index < -0.39 is 5.41 Å². The predicted octanol–water partition coefficient (Wildman–Crippen LogP) is 3.12.